The van der Waals surface area contributed by atoms with Crippen LogP contribution in [0.15, 0.2) is 22.7 Å². The van der Waals surface area contributed by atoms with E-state index in [0.29, 0.717) is 17.3 Å². The third-order valence-electron chi connectivity index (χ3n) is 4.23. The third-order valence-corrected chi connectivity index (χ3v) is 4.23. The van der Waals surface area contributed by atoms with E-state index in [1.807, 2.05) is 0 Å². The number of rotatable bonds is 2. The van der Waals surface area contributed by atoms with E-state index in [-0.39, 0.29) is 17.3 Å². The topological polar surface area (TPSA) is 51.0 Å². The van der Waals surface area contributed by atoms with Crippen molar-refractivity contribution in [3.63, 3.8) is 0 Å². The highest BCUT2D eigenvalue weighted by molar-refractivity contribution is 5.55. The van der Waals surface area contributed by atoms with Crippen LogP contribution >= 0.6 is 0 Å². The maximum Gasteiger partial charge on any atom is 0.244 e. The third kappa shape index (κ3) is 2.70. The quantitative estimate of drug-likeness (QED) is 0.917. The average Bonchev–Trinajstić information content (AvgIpc) is 2.91. The van der Waals surface area contributed by atoms with Crippen molar-refractivity contribution >= 4 is 0 Å². The van der Waals surface area contributed by atoms with Crippen LogP contribution in [-0.2, 0) is 0 Å². The number of hydrogen-bond donors (Lipinski definition) is 1. The van der Waals surface area contributed by atoms with Crippen molar-refractivity contribution in [2.24, 2.45) is 5.41 Å². The molecule has 2 heterocycles. The number of benzene rings is 1. The van der Waals surface area contributed by atoms with E-state index in [9.17, 15) is 4.39 Å². The number of aryl methyl sites for hydroxylation is 1. The highest BCUT2D eigenvalue weighted by Gasteiger charge is 2.37. The standard InChI is InChI=1S/C16H20FN3O/c1-10-9-11(5-6-12(10)17)14-19-15(21-20-14)13-16(2,3)7-4-8-18-13/h5-6,9,13,18H,4,7-8H2,1-3H3. The number of halogens is 1. The largest absolute Gasteiger partial charge is 0.337 e. The summed E-state index contributed by atoms with van der Waals surface area (Å²) in [6, 6.07) is 4.91. The Kier molecular flexibility index (Phi) is 3.53. The summed E-state index contributed by atoms with van der Waals surface area (Å²) in [5.74, 6) is 0.894. The minimum absolute atomic E-state index is 0.0639. The summed E-state index contributed by atoms with van der Waals surface area (Å²) in [6.45, 7) is 7.10. The molecule has 1 aliphatic heterocycles. The summed E-state index contributed by atoms with van der Waals surface area (Å²) in [5.41, 5.74) is 1.44. The van der Waals surface area contributed by atoms with Gasteiger partial charge >= 0.3 is 0 Å². The molecule has 0 saturated carbocycles. The van der Waals surface area contributed by atoms with Gasteiger partial charge in [-0.1, -0.05) is 19.0 Å². The van der Waals surface area contributed by atoms with Gasteiger partial charge in [-0.15, -0.1) is 0 Å². The van der Waals surface area contributed by atoms with Crippen LogP contribution in [0.25, 0.3) is 11.4 Å². The van der Waals surface area contributed by atoms with Crippen molar-refractivity contribution in [2.45, 2.75) is 39.7 Å². The first kappa shape index (κ1) is 14.2. The van der Waals surface area contributed by atoms with Gasteiger partial charge in [-0.05, 0) is 55.5 Å². The van der Waals surface area contributed by atoms with Crippen LogP contribution in [0.5, 0.6) is 0 Å². The van der Waals surface area contributed by atoms with Gasteiger partial charge < -0.3 is 9.84 Å². The van der Waals surface area contributed by atoms with Crippen molar-refractivity contribution in [3.8, 4) is 11.4 Å². The van der Waals surface area contributed by atoms with E-state index in [1.165, 1.54) is 6.07 Å². The molecule has 4 nitrogen and oxygen atoms in total. The SMILES string of the molecule is Cc1cc(-c2noc(C3NCCCC3(C)C)n2)ccc1F. The van der Waals surface area contributed by atoms with Gasteiger partial charge in [0, 0.05) is 5.56 Å². The molecule has 1 saturated heterocycles. The molecular formula is C16H20FN3O. The lowest BCUT2D eigenvalue weighted by Gasteiger charge is -2.36. The van der Waals surface area contributed by atoms with E-state index in [0.717, 1.165) is 24.9 Å². The Morgan fingerprint density at radius 1 is 1.38 bits per heavy atom. The van der Waals surface area contributed by atoms with Crippen molar-refractivity contribution < 1.29 is 8.91 Å². The Morgan fingerprint density at radius 3 is 2.90 bits per heavy atom. The summed E-state index contributed by atoms with van der Waals surface area (Å²) >= 11 is 0. The second kappa shape index (κ2) is 5.22. The molecular weight excluding hydrogens is 269 g/mol. The molecule has 112 valence electrons. The molecule has 1 unspecified atom stereocenters. The van der Waals surface area contributed by atoms with Gasteiger partial charge in [0.15, 0.2) is 0 Å². The van der Waals surface area contributed by atoms with Crippen LogP contribution < -0.4 is 5.32 Å². The number of hydrogen-bond acceptors (Lipinski definition) is 4. The van der Waals surface area contributed by atoms with Crippen LogP contribution in [0.3, 0.4) is 0 Å². The minimum atomic E-state index is -0.224. The van der Waals surface area contributed by atoms with E-state index < -0.39 is 0 Å². The summed E-state index contributed by atoms with van der Waals surface area (Å²) < 4.78 is 18.8. The molecule has 5 heteroatoms. The van der Waals surface area contributed by atoms with E-state index in [4.69, 9.17) is 4.52 Å². The molecule has 1 aromatic carbocycles. The molecule has 1 atom stereocenters. The smallest absolute Gasteiger partial charge is 0.244 e. The average molecular weight is 289 g/mol. The monoisotopic (exact) mass is 289 g/mol. The second-order valence-electron chi connectivity index (χ2n) is 6.40. The first-order valence-electron chi connectivity index (χ1n) is 7.31. The first-order chi connectivity index (χ1) is 9.97. The van der Waals surface area contributed by atoms with Crippen molar-refractivity contribution in [2.75, 3.05) is 6.54 Å². The summed E-state index contributed by atoms with van der Waals surface area (Å²) in [7, 11) is 0. The minimum Gasteiger partial charge on any atom is -0.337 e. The van der Waals surface area contributed by atoms with E-state index in [2.05, 4.69) is 29.3 Å². The van der Waals surface area contributed by atoms with Gasteiger partial charge in [-0.2, -0.15) is 4.98 Å². The van der Waals surface area contributed by atoms with E-state index in [1.54, 1.807) is 19.1 Å². The molecule has 0 bridgehead atoms. The number of piperidine rings is 1. The van der Waals surface area contributed by atoms with Crippen LogP contribution in [-0.4, -0.2) is 16.7 Å². The summed E-state index contributed by atoms with van der Waals surface area (Å²) in [6.07, 6.45) is 2.28. The van der Waals surface area contributed by atoms with Gasteiger partial charge in [0.25, 0.3) is 0 Å². The highest BCUT2D eigenvalue weighted by Crippen LogP contribution is 2.39. The van der Waals surface area contributed by atoms with Gasteiger partial charge in [0.1, 0.15) is 5.82 Å². The maximum absolute atomic E-state index is 13.3. The number of nitrogens with zero attached hydrogens (tertiary/aromatic N) is 2. The van der Waals surface area contributed by atoms with Crippen molar-refractivity contribution in [1.82, 2.24) is 15.5 Å². The Labute approximate surface area is 123 Å². The predicted molar refractivity (Wildman–Crippen MR) is 78.2 cm³/mol. The first-order valence-corrected chi connectivity index (χ1v) is 7.31. The molecule has 0 spiro atoms. The van der Waals surface area contributed by atoms with Gasteiger partial charge in [-0.3, -0.25) is 0 Å². The van der Waals surface area contributed by atoms with Crippen molar-refractivity contribution in [3.05, 3.63) is 35.5 Å². The molecule has 1 aromatic heterocycles. The number of nitrogens with one attached hydrogen (secondary N) is 1. The molecule has 1 aliphatic rings. The lowest BCUT2D eigenvalue weighted by atomic mass is 9.77. The molecule has 0 amide bonds. The molecule has 21 heavy (non-hydrogen) atoms. The zero-order chi connectivity index (χ0) is 15.0. The molecule has 1 fully saturated rings. The van der Waals surface area contributed by atoms with Gasteiger partial charge in [-0.25, -0.2) is 4.39 Å². The lowest BCUT2D eigenvalue weighted by molar-refractivity contribution is 0.146. The van der Waals surface area contributed by atoms with Crippen LogP contribution in [0.1, 0.15) is 44.2 Å². The summed E-state index contributed by atoms with van der Waals surface area (Å²) in [4.78, 5) is 4.51. The van der Waals surface area contributed by atoms with Crippen LogP contribution in [0.4, 0.5) is 4.39 Å². The zero-order valence-electron chi connectivity index (χ0n) is 12.6. The Morgan fingerprint density at radius 2 is 2.19 bits per heavy atom. The molecule has 0 aliphatic carbocycles. The highest BCUT2D eigenvalue weighted by atomic mass is 19.1. The van der Waals surface area contributed by atoms with Gasteiger partial charge in [0.05, 0.1) is 6.04 Å². The molecule has 0 radical (unpaired) electrons. The summed E-state index contributed by atoms with van der Waals surface area (Å²) in [5, 5.41) is 7.50. The Balaban J connectivity index is 1.90. The fourth-order valence-electron chi connectivity index (χ4n) is 2.89. The van der Waals surface area contributed by atoms with Crippen LogP contribution in [0.2, 0.25) is 0 Å². The fraction of sp³-hybridized carbons (Fsp3) is 0.500. The van der Waals surface area contributed by atoms with E-state index >= 15 is 0 Å². The molecule has 2 aromatic rings. The van der Waals surface area contributed by atoms with Crippen LogP contribution in [0, 0.1) is 18.2 Å². The second-order valence-corrected chi connectivity index (χ2v) is 6.40. The Hall–Kier alpha value is -1.75. The predicted octanol–water partition coefficient (Wildman–Crippen LogP) is 3.63. The lowest BCUT2D eigenvalue weighted by Crippen LogP contribution is -2.39. The van der Waals surface area contributed by atoms with Crippen molar-refractivity contribution in [1.29, 1.82) is 0 Å². The normalized spacial score (nSPS) is 21.4. The molecule has 3 rings (SSSR count). The fourth-order valence-corrected chi connectivity index (χ4v) is 2.89. The molecule has 1 N–H and O–H groups in total. The maximum atomic E-state index is 13.3. The van der Waals surface area contributed by atoms with Gasteiger partial charge in [0.2, 0.25) is 11.7 Å². The Bertz CT molecular complexity index is 651. The zero-order valence-corrected chi connectivity index (χ0v) is 12.6. The number of aromatic nitrogens is 2.